The van der Waals surface area contributed by atoms with Crippen molar-refractivity contribution in [1.29, 1.82) is 0 Å². The number of fused-ring (bicyclic) bond motifs is 1. The van der Waals surface area contributed by atoms with Gasteiger partial charge in [0.05, 0.1) is 30.0 Å². The van der Waals surface area contributed by atoms with Gasteiger partial charge in [0.15, 0.2) is 0 Å². The minimum atomic E-state index is -2.56. The molecule has 0 unspecified atom stereocenters. The molecule has 11 heteroatoms. The molecule has 0 spiro atoms. The topological polar surface area (TPSA) is 84.2 Å². The molecule has 1 aromatic carbocycles. The molecule has 0 radical (unpaired) electrons. The van der Waals surface area contributed by atoms with E-state index >= 15 is 0 Å². The average Bonchev–Trinajstić information content (AvgIpc) is 3.17. The van der Waals surface area contributed by atoms with Crippen LogP contribution in [-0.4, -0.2) is 38.5 Å². The largest absolute Gasteiger partial charge is 0.348 e. The van der Waals surface area contributed by atoms with Crippen molar-refractivity contribution in [3.8, 4) is 11.1 Å². The minimum absolute atomic E-state index is 0.0142. The molecule has 2 N–H and O–H groups in total. The number of benzene rings is 1. The third-order valence-corrected chi connectivity index (χ3v) is 4.66. The highest BCUT2D eigenvalue weighted by molar-refractivity contribution is 6.09. The Morgan fingerprint density at radius 3 is 2.59 bits per heavy atom. The van der Waals surface area contributed by atoms with E-state index < -0.39 is 30.5 Å². The van der Waals surface area contributed by atoms with Crippen molar-refractivity contribution in [2.75, 3.05) is 17.2 Å². The summed E-state index contributed by atoms with van der Waals surface area (Å²) in [5, 5.41) is 9.04. The zero-order valence-electron chi connectivity index (χ0n) is 16.6. The monoisotopic (exact) mass is 444 g/mol. The van der Waals surface area contributed by atoms with Crippen LogP contribution in [0.15, 0.2) is 49.1 Å². The first kappa shape index (κ1) is 21.2. The summed E-state index contributed by atoms with van der Waals surface area (Å²) >= 11 is 0. The van der Waals surface area contributed by atoms with Gasteiger partial charge in [-0.05, 0) is 36.8 Å². The number of amides is 1. The number of nitrogens with zero attached hydrogens (tertiary/aromatic N) is 4. The van der Waals surface area contributed by atoms with Crippen molar-refractivity contribution in [2.24, 2.45) is 0 Å². The lowest BCUT2D eigenvalue weighted by Crippen LogP contribution is -2.13. The molecule has 4 aromatic rings. The highest BCUT2D eigenvalue weighted by Crippen LogP contribution is 2.29. The summed E-state index contributed by atoms with van der Waals surface area (Å²) < 4.78 is 53.8. The molecule has 0 saturated carbocycles. The van der Waals surface area contributed by atoms with Crippen LogP contribution in [0, 0.1) is 18.6 Å². The van der Waals surface area contributed by atoms with E-state index in [0.29, 0.717) is 22.3 Å². The average molecular weight is 444 g/mol. The molecule has 0 saturated heterocycles. The second-order valence-electron chi connectivity index (χ2n) is 6.90. The summed E-state index contributed by atoms with van der Waals surface area (Å²) in [6.07, 6.45) is 2.47. The molecule has 7 nitrogen and oxygen atoms in total. The molecular formula is C21H16F4N6O. The Labute approximate surface area is 179 Å². The van der Waals surface area contributed by atoms with E-state index in [1.54, 1.807) is 6.92 Å². The van der Waals surface area contributed by atoms with Crippen LogP contribution >= 0.6 is 0 Å². The Balaban J connectivity index is 1.60. The number of aromatic nitrogens is 4. The second kappa shape index (κ2) is 8.61. The lowest BCUT2D eigenvalue weighted by Gasteiger charge is -2.12. The van der Waals surface area contributed by atoms with Gasteiger partial charge >= 0.3 is 0 Å². The number of carbonyl (C=O) groups excluding carboxylic acids is 1. The van der Waals surface area contributed by atoms with Gasteiger partial charge in [-0.15, -0.1) is 0 Å². The predicted octanol–water partition coefficient (Wildman–Crippen LogP) is 4.31. The van der Waals surface area contributed by atoms with Gasteiger partial charge in [-0.2, -0.15) is 5.10 Å². The van der Waals surface area contributed by atoms with Gasteiger partial charge in [0.1, 0.15) is 11.6 Å². The Bertz CT molecular complexity index is 1290. The van der Waals surface area contributed by atoms with Crippen LogP contribution in [0.5, 0.6) is 0 Å². The molecule has 4 rings (SSSR count). The first-order chi connectivity index (χ1) is 15.3. The lowest BCUT2D eigenvalue weighted by molar-refractivity contribution is 0.102. The van der Waals surface area contributed by atoms with Gasteiger partial charge in [-0.1, -0.05) is 0 Å². The fraction of sp³-hybridized carbons (Fsp3) is 0.143. The fourth-order valence-corrected chi connectivity index (χ4v) is 3.08. The minimum Gasteiger partial charge on any atom is -0.348 e. The molecule has 0 fully saturated rings. The Kier molecular flexibility index (Phi) is 5.71. The van der Waals surface area contributed by atoms with Crippen molar-refractivity contribution in [1.82, 2.24) is 19.6 Å². The van der Waals surface area contributed by atoms with Crippen molar-refractivity contribution < 1.29 is 22.4 Å². The number of aryl methyl sites for hydroxylation is 1. The molecule has 0 aliphatic carbocycles. The first-order valence-electron chi connectivity index (χ1n) is 9.40. The number of rotatable bonds is 6. The van der Waals surface area contributed by atoms with Gasteiger partial charge < -0.3 is 10.6 Å². The number of anilines is 2. The highest BCUT2D eigenvalue weighted by Gasteiger charge is 2.17. The van der Waals surface area contributed by atoms with E-state index in [9.17, 15) is 22.4 Å². The number of halogens is 4. The molecule has 0 aliphatic heterocycles. The van der Waals surface area contributed by atoms with Crippen LogP contribution in [0.2, 0.25) is 0 Å². The molecule has 164 valence electrons. The summed E-state index contributed by atoms with van der Waals surface area (Å²) in [5.74, 6) is -1.58. The third kappa shape index (κ3) is 4.36. The summed E-state index contributed by atoms with van der Waals surface area (Å²) in [6, 6.07) is 5.33. The van der Waals surface area contributed by atoms with Crippen molar-refractivity contribution >= 4 is 23.1 Å². The Hall–Kier alpha value is -4.02. The Morgan fingerprint density at radius 2 is 1.88 bits per heavy atom. The normalized spacial score (nSPS) is 11.2. The van der Waals surface area contributed by atoms with E-state index in [4.69, 9.17) is 0 Å². The van der Waals surface area contributed by atoms with Crippen molar-refractivity contribution in [3.63, 3.8) is 0 Å². The van der Waals surface area contributed by atoms with Crippen LogP contribution < -0.4 is 10.6 Å². The van der Waals surface area contributed by atoms with Gasteiger partial charge in [-0.25, -0.2) is 32.0 Å². The zero-order valence-corrected chi connectivity index (χ0v) is 16.6. The van der Waals surface area contributed by atoms with Crippen molar-refractivity contribution in [2.45, 2.75) is 13.3 Å². The van der Waals surface area contributed by atoms with Crippen LogP contribution in [0.4, 0.5) is 29.2 Å². The van der Waals surface area contributed by atoms with Gasteiger partial charge in [0, 0.05) is 29.2 Å². The molecule has 32 heavy (non-hydrogen) atoms. The molecule has 0 aliphatic rings. The standard InChI is InChI=1S/C21H16F4N6O/c1-11-4-16(23)14(12-6-26-21(27-7-12)28-9-19(24)25)5-17(11)30-20(32)15-8-29-31-10-13(22)2-3-18(15)31/h2-8,10,19H,9H2,1H3,(H,30,32)(H,26,27,28). The molecule has 3 aromatic heterocycles. The maximum absolute atomic E-state index is 14.6. The Morgan fingerprint density at radius 1 is 1.12 bits per heavy atom. The first-order valence-corrected chi connectivity index (χ1v) is 9.40. The van der Waals surface area contributed by atoms with Gasteiger partial charge in [0.25, 0.3) is 12.3 Å². The SMILES string of the molecule is Cc1cc(F)c(-c2cnc(NCC(F)F)nc2)cc1NC(=O)c1cnn2cc(F)ccc12. The molecule has 0 bridgehead atoms. The lowest BCUT2D eigenvalue weighted by atomic mass is 10.0. The number of carbonyl (C=O) groups is 1. The van der Waals surface area contributed by atoms with Crippen LogP contribution in [0.1, 0.15) is 15.9 Å². The highest BCUT2D eigenvalue weighted by atomic mass is 19.3. The van der Waals surface area contributed by atoms with Gasteiger partial charge in [-0.3, -0.25) is 4.79 Å². The molecule has 1 amide bonds. The van der Waals surface area contributed by atoms with E-state index in [0.717, 1.165) is 6.20 Å². The smallest absolute Gasteiger partial charge is 0.259 e. The maximum atomic E-state index is 14.6. The van der Waals surface area contributed by atoms with Crippen LogP contribution in [-0.2, 0) is 0 Å². The number of hydrogen-bond donors (Lipinski definition) is 2. The number of hydrogen-bond acceptors (Lipinski definition) is 5. The summed E-state index contributed by atoms with van der Waals surface area (Å²) in [7, 11) is 0. The van der Waals surface area contributed by atoms with E-state index in [2.05, 4.69) is 25.7 Å². The quantitative estimate of drug-likeness (QED) is 0.433. The predicted molar refractivity (Wildman–Crippen MR) is 110 cm³/mol. The maximum Gasteiger partial charge on any atom is 0.259 e. The van der Waals surface area contributed by atoms with Crippen LogP contribution in [0.25, 0.3) is 16.6 Å². The number of alkyl halides is 2. The van der Waals surface area contributed by atoms with Gasteiger partial charge in [0.2, 0.25) is 5.95 Å². The molecular weight excluding hydrogens is 428 g/mol. The third-order valence-electron chi connectivity index (χ3n) is 4.66. The summed E-state index contributed by atoms with van der Waals surface area (Å²) in [4.78, 5) is 20.6. The second-order valence-corrected chi connectivity index (χ2v) is 6.90. The number of pyridine rings is 1. The van der Waals surface area contributed by atoms with Crippen LogP contribution in [0.3, 0.4) is 0 Å². The fourth-order valence-electron chi connectivity index (χ4n) is 3.08. The summed E-state index contributed by atoms with van der Waals surface area (Å²) in [5.41, 5.74) is 1.85. The van der Waals surface area contributed by atoms with E-state index in [-0.39, 0.29) is 17.1 Å². The molecule has 3 heterocycles. The zero-order chi connectivity index (χ0) is 22.8. The molecule has 0 atom stereocenters. The number of nitrogens with one attached hydrogen (secondary N) is 2. The van der Waals surface area contributed by atoms with E-state index in [1.807, 2.05) is 0 Å². The summed E-state index contributed by atoms with van der Waals surface area (Å²) in [6.45, 7) is 1.02. The van der Waals surface area contributed by atoms with Crippen molar-refractivity contribution in [3.05, 3.63) is 71.8 Å². The van der Waals surface area contributed by atoms with E-state index in [1.165, 1.54) is 47.4 Å².